The van der Waals surface area contributed by atoms with E-state index in [-0.39, 0.29) is 6.03 Å². The number of carbonyl (C=O) groups excluding carboxylic acids is 1. The maximum Gasteiger partial charge on any atom is 0.321 e. The Kier molecular flexibility index (Phi) is 4.45. The van der Waals surface area contributed by atoms with Crippen molar-refractivity contribution >= 4 is 34.7 Å². The molecule has 0 aliphatic carbocycles. The van der Waals surface area contributed by atoms with Crippen LogP contribution in [0.4, 0.5) is 10.5 Å². The summed E-state index contributed by atoms with van der Waals surface area (Å²) in [4.78, 5) is 13.7. The van der Waals surface area contributed by atoms with E-state index in [0.29, 0.717) is 11.6 Å². The van der Waals surface area contributed by atoms with Gasteiger partial charge < -0.3 is 10.2 Å². The lowest BCUT2D eigenvalue weighted by molar-refractivity contribution is 0.220. The summed E-state index contributed by atoms with van der Waals surface area (Å²) in [6.07, 6.45) is 0. The molecular weight excluding hydrogens is 280 g/mol. The number of nitrogens with zero attached hydrogens (tertiary/aromatic N) is 1. The number of thiophene rings is 1. The lowest BCUT2D eigenvalue weighted by atomic mass is 10.2. The molecule has 0 unspecified atom stereocenters. The normalized spacial score (nSPS) is 10.3. The molecule has 0 radical (unpaired) electrons. The number of anilines is 1. The van der Waals surface area contributed by atoms with Crippen LogP contribution in [0.1, 0.15) is 11.1 Å². The van der Waals surface area contributed by atoms with Crippen LogP contribution >= 0.6 is 22.9 Å². The van der Waals surface area contributed by atoms with Crippen molar-refractivity contribution < 1.29 is 4.79 Å². The number of aryl methyl sites for hydroxylation is 1. The lowest BCUT2D eigenvalue weighted by Gasteiger charge is -2.18. The summed E-state index contributed by atoms with van der Waals surface area (Å²) in [6, 6.07) is 7.30. The molecule has 2 rings (SSSR count). The van der Waals surface area contributed by atoms with Crippen LogP contribution in [-0.4, -0.2) is 18.0 Å². The Hall–Kier alpha value is -1.52. The molecule has 2 aromatic rings. The molecule has 0 spiro atoms. The average molecular weight is 295 g/mol. The summed E-state index contributed by atoms with van der Waals surface area (Å²) >= 11 is 7.52. The first-order chi connectivity index (χ1) is 9.06. The zero-order valence-corrected chi connectivity index (χ0v) is 12.4. The largest absolute Gasteiger partial charge is 0.323 e. The highest BCUT2D eigenvalue weighted by Gasteiger charge is 2.10. The van der Waals surface area contributed by atoms with Gasteiger partial charge in [0.25, 0.3) is 0 Å². The molecule has 100 valence electrons. The van der Waals surface area contributed by atoms with Crippen molar-refractivity contribution in [2.24, 2.45) is 0 Å². The summed E-state index contributed by atoms with van der Waals surface area (Å²) in [5.41, 5.74) is 2.87. The summed E-state index contributed by atoms with van der Waals surface area (Å²) in [7, 11) is 1.78. The van der Waals surface area contributed by atoms with Gasteiger partial charge in [-0.2, -0.15) is 11.3 Å². The van der Waals surface area contributed by atoms with E-state index in [1.165, 1.54) is 0 Å². The zero-order chi connectivity index (χ0) is 13.8. The highest BCUT2D eigenvalue weighted by molar-refractivity contribution is 7.07. The minimum Gasteiger partial charge on any atom is -0.323 e. The van der Waals surface area contributed by atoms with E-state index < -0.39 is 0 Å². The van der Waals surface area contributed by atoms with Crippen LogP contribution in [0.2, 0.25) is 5.02 Å². The van der Waals surface area contributed by atoms with Crippen LogP contribution in [0.25, 0.3) is 0 Å². The Morgan fingerprint density at radius 1 is 1.42 bits per heavy atom. The lowest BCUT2D eigenvalue weighted by Crippen LogP contribution is -2.30. The molecule has 0 bridgehead atoms. The molecule has 0 atom stereocenters. The molecule has 2 amide bonds. The number of nitrogens with one attached hydrogen (secondary N) is 1. The van der Waals surface area contributed by atoms with E-state index in [9.17, 15) is 4.79 Å². The number of benzene rings is 1. The number of carbonyl (C=O) groups is 1. The number of hydrogen-bond acceptors (Lipinski definition) is 2. The van der Waals surface area contributed by atoms with Crippen LogP contribution in [0.15, 0.2) is 35.0 Å². The van der Waals surface area contributed by atoms with Crippen molar-refractivity contribution in [1.29, 1.82) is 0 Å². The van der Waals surface area contributed by atoms with Gasteiger partial charge in [-0.3, -0.25) is 0 Å². The Morgan fingerprint density at radius 2 is 2.21 bits per heavy atom. The number of halogens is 1. The zero-order valence-electron chi connectivity index (χ0n) is 10.8. The number of amides is 2. The predicted octanol–water partition coefficient (Wildman–Crippen LogP) is 4.37. The molecule has 1 N–H and O–H groups in total. The third-order valence-corrected chi connectivity index (χ3v) is 3.74. The van der Waals surface area contributed by atoms with Crippen LogP contribution in [0.3, 0.4) is 0 Å². The molecule has 0 aliphatic rings. The summed E-state index contributed by atoms with van der Waals surface area (Å²) in [5.74, 6) is 0. The topological polar surface area (TPSA) is 32.3 Å². The fraction of sp³-hybridized carbons (Fsp3) is 0.214. The molecule has 3 nitrogen and oxygen atoms in total. The first-order valence-electron chi connectivity index (χ1n) is 5.85. The molecule has 1 aromatic heterocycles. The highest BCUT2D eigenvalue weighted by Crippen LogP contribution is 2.20. The highest BCUT2D eigenvalue weighted by atomic mass is 35.5. The Morgan fingerprint density at radius 3 is 2.84 bits per heavy atom. The van der Waals surface area contributed by atoms with Crippen LogP contribution in [0.5, 0.6) is 0 Å². The molecule has 1 aromatic carbocycles. The van der Waals surface area contributed by atoms with Crippen molar-refractivity contribution in [1.82, 2.24) is 4.90 Å². The average Bonchev–Trinajstić information content (AvgIpc) is 2.85. The molecule has 1 heterocycles. The SMILES string of the molecule is Cc1cc(Cl)ccc1NC(=O)N(C)Cc1ccsc1. The van der Waals surface area contributed by atoms with Gasteiger partial charge in [-0.1, -0.05) is 11.6 Å². The Bertz CT molecular complexity index is 569. The fourth-order valence-corrected chi connectivity index (χ4v) is 2.59. The van der Waals surface area contributed by atoms with E-state index in [1.54, 1.807) is 29.4 Å². The third kappa shape index (κ3) is 3.72. The molecule has 0 fully saturated rings. The van der Waals surface area contributed by atoms with Crippen LogP contribution in [0, 0.1) is 6.92 Å². The van der Waals surface area contributed by atoms with E-state index in [2.05, 4.69) is 5.32 Å². The molecule has 0 saturated heterocycles. The first kappa shape index (κ1) is 13.9. The number of rotatable bonds is 3. The molecule has 0 aliphatic heterocycles. The predicted molar refractivity (Wildman–Crippen MR) is 81.0 cm³/mol. The summed E-state index contributed by atoms with van der Waals surface area (Å²) < 4.78 is 0. The number of hydrogen-bond donors (Lipinski definition) is 1. The number of urea groups is 1. The third-order valence-electron chi connectivity index (χ3n) is 2.78. The Labute approximate surface area is 121 Å². The van der Waals surface area contributed by atoms with Gasteiger partial charge in [0.2, 0.25) is 0 Å². The van der Waals surface area contributed by atoms with Gasteiger partial charge in [-0.15, -0.1) is 0 Å². The van der Waals surface area contributed by atoms with Crippen molar-refractivity contribution in [2.75, 3.05) is 12.4 Å². The van der Waals surface area contributed by atoms with Crippen molar-refractivity contribution in [3.8, 4) is 0 Å². The summed E-state index contributed by atoms with van der Waals surface area (Å²) in [6.45, 7) is 2.52. The van der Waals surface area contributed by atoms with Crippen LogP contribution in [-0.2, 0) is 6.54 Å². The quantitative estimate of drug-likeness (QED) is 0.895. The maximum absolute atomic E-state index is 12.1. The maximum atomic E-state index is 12.1. The van der Waals surface area contributed by atoms with Crippen molar-refractivity contribution in [3.05, 3.63) is 51.2 Å². The molecule has 5 heteroatoms. The van der Waals surface area contributed by atoms with E-state index in [0.717, 1.165) is 16.8 Å². The fourth-order valence-electron chi connectivity index (χ4n) is 1.71. The first-order valence-corrected chi connectivity index (χ1v) is 7.17. The van der Waals surface area contributed by atoms with E-state index >= 15 is 0 Å². The van der Waals surface area contributed by atoms with Gasteiger partial charge in [0, 0.05) is 24.3 Å². The minimum absolute atomic E-state index is 0.128. The van der Waals surface area contributed by atoms with Crippen molar-refractivity contribution in [3.63, 3.8) is 0 Å². The van der Waals surface area contributed by atoms with Crippen LogP contribution < -0.4 is 5.32 Å². The Balaban J connectivity index is 2.00. The smallest absolute Gasteiger partial charge is 0.321 e. The molecule has 19 heavy (non-hydrogen) atoms. The van der Waals surface area contributed by atoms with E-state index in [1.807, 2.05) is 35.9 Å². The van der Waals surface area contributed by atoms with Gasteiger partial charge in [0.1, 0.15) is 0 Å². The molecule has 0 saturated carbocycles. The second-order valence-corrected chi connectivity index (χ2v) is 5.59. The van der Waals surface area contributed by atoms with E-state index in [4.69, 9.17) is 11.6 Å². The summed E-state index contributed by atoms with van der Waals surface area (Å²) in [5, 5.41) is 7.59. The van der Waals surface area contributed by atoms with Gasteiger partial charge in [0.05, 0.1) is 0 Å². The minimum atomic E-state index is -0.128. The van der Waals surface area contributed by atoms with Gasteiger partial charge in [-0.25, -0.2) is 4.79 Å². The monoisotopic (exact) mass is 294 g/mol. The standard InChI is InChI=1S/C14H15ClN2OS/c1-10-7-12(15)3-4-13(10)16-14(18)17(2)8-11-5-6-19-9-11/h3-7,9H,8H2,1-2H3,(H,16,18). The van der Waals surface area contributed by atoms with Gasteiger partial charge >= 0.3 is 6.03 Å². The van der Waals surface area contributed by atoms with Gasteiger partial charge in [-0.05, 0) is 53.1 Å². The van der Waals surface area contributed by atoms with Crippen molar-refractivity contribution in [2.45, 2.75) is 13.5 Å². The second-order valence-electron chi connectivity index (χ2n) is 4.38. The second kappa shape index (κ2) is 6.08. The molecular formula is C14H15ClN2OS. The van der Waals surface area contributed by atoms with Gasteiger partial charge in [0.15, 0.2) is 0 Å².